The molecule has 0 aliphatic carbocycles. The van der Waals surface area contributed by atoms with E-state index in [2.05, 4.69) is 0 Å². The Morgan fingerprint density at radius 2 is 2.00 bits per heavy atom. The zero-order valence-electron chi connectivity index (χ0n) is 8.59. The number of amides is 1. The van der Waals surface area contributed by atoms with Crippen LogP contribution in [0.25, 0.3) is 0 Å². The van der Waals surface area contributed by atoms with E-state index in [1.165, 1.54) is 0 Å². The van der Waals surface area contributed by atoms with Gasteiger partial charge in [-0.25, -0.2) is 4.79 Å². The Labute approximate surface area is 92.7 Å². The second-order valence-electron chi connectivity index (χ2n) is 3.41. The van der Waals surface area contributed by atoms with Crippen LogP contribution in [0.15, 0.2) is 30.3 Å². The molecule has 0 heterocycles. The molecular weight excluding hydrogens is 210 g/mol. The van der Waals surface area contributed by atoms with Crippen LogP contribution in [0.2, 0.25) is 0 Å². The second-order valence-corrected chi connectivity index (χ2v) is 3.41. The molecule has 1 rings (SSSR count). The summed E-state index contributed by atoms with van der Waals surface area (Å²) in [5.74, 6) is -1.46. The number of aliphatic hydroxyl groups is 1. The number of aliphatic carboxylic acids is 1. The number of nitrogens with one attached hydrogen (secondary N) is 1. The van der Waals surface area contributed by atoms with E-state index in [4.69, 9.17) is 5.11 Å². The molecule has 5 nitrogen and oxygen atoms in total. The van der Waals surface area contributed by atoms with Gasteiger partial charge in [0.15, 0.2) is 0 Å². The maximum absolute atomic E-state index is 10.8. The minimum absolute atomic E-state index is 0.0783. The maximum atomic E-state index is 10.8. The summed E-state index contributed by atoms with van der Waals surface area (Å²) in [7, 11) is 0. The van der Waals surface area contributed by atoms with Gasteiger partial charge < -0.3 is 15.5 Å². The molecule has 5 heteroatoms. The Balaban J connectivity index is 2.64. The highest BCUT2D eigenvalue weighted by atomic mass is 16.4. The smallest absolute Gasteiger partial charge is 0.357 e. The van der Waals surface area contributed by atoms with Gasteiger partial charge in [0.2, 0.25) is 12.1 Å². The van der Waals surface area contributed by atoms with Gasteiger partial charge in [0.25, 0.3) is 0 Å². The first kappa shape index (κ1) is 12.2. The van der Waals surface area contributed by atoms with E-state index >= 15 is 0 Å². The number of carboxylic acid groups (broad SMARTS) is 1. The predicted molar refractivity (Wildman–Crippen MR) is 56.5 cm³/mol. The largest absolute Gasteiger partial charge is 0.478 e. The molecule has 1 atom stereocenters. The van der Waals surface area contributed by atoms with Crippen LogP contribution in [0.5, 0.6) is 0 Å². The van der Waals surface area contributed by atoms with Crippen molar-refractivity contribution in [1.29, 1.82) is 0 Å². The van der Waals surface area contributed by atoms with E-state index in [1.807, 2.05) is 35.6 Å². The third-order valence-corrected chi connectivity index (χ3v) is 2.27. The fourth-order valence-electron chi connectivity index (χ4n) is 1.31. The molecule has 3 N–H and O–H groups in total. The lowest BCUT2D eigenvalue weighted by Crippen LogP contribution is -2.51. The van der Waals surface area contributed by atoms with Gasteiger partial charge in [-0.2, -0.15) is 0 Å². The summed E-state index contributed by atoms with van der Waals surface area (Å²) in [4.78, 5) is 21.0. The van der Waals surface area contributed by atoms with Crippen LogP contribution >= 0.6 is 0 Å². The zero-order valence-corrected chi connectivity index (χ0v) is 8.59. The fraction of sp³-hybridized carbons (Fsp3) is 0.273. The van der Waals surface area contributed by atoms with Gasteiger partial charge in [-0.15, -0.1) is 0 Å². The highest BCUT2D eigenvalue weighted by Gasteiger charge is 2.34. The van der Waals surface area contributed by atoms with Crippen molar-refractivity contribution in [3.63, 3.8) is 0 Å². The molecule has 1 aromatic rings. The van der Waals surface area contributed by atoms with Crippen molar-refractivity contribution < 1.29 is 19.8 Å². The van der Waals surface area contributed by atoms with Gasteiger partial charge in [-0.3, -0.25) is 4.79 Å². The molecular formula is C11H13NO4. The lowest BCUT2D eigenvalue weighted by Gasteiger charge is -2.22. The number of hydrogen-bond donors (Lipinski definition) is 3. The van der Waals surface area contributed by atoms with Crippen LogP contribution < -0.4 is 5.32 Å². The molecule has 0 aliphatic rings. The Bertz CT molecular complexity index is 366. The molecule has 1 amide bonds. The van der Waals surface area contributed by atoms with Crippen molar-refractivity contribution in [2.75, 3.05) is 0 Å². The third kappa shape index (κ3) is 3.06. The van der Waals surface area contributed by atoms with E-state index in [0.29, 0.717) is 6.42 Å². The van der Waals surface area contributed by atoms with E-state index in [1.54, 1.807) is 0 Å². The van der Waals surface area contributed by atoms with E-state index < -0.39 is 11.7 Å². The van der Waals surface area contributed by atoms with Crippen molar-refractivity contribution >= 4 is 12.4 Å². The van der Waals surface area contributed by atoms with Crippen molar-refractivity contribution in [1.82, 2.24) is 5.32 Å². The Morgan fingerprint density at radius 1 is 1.38 bits per heavy atom. The SMILES string of the molecule is O=CNC(O)(CCc1ccccc1)C(=O)O. The zero-order chi connectivity index (χ0) is 12.0. The number of carbonyl (C=O) groups is 2. The number of rotatable bonds is 6. The summed E-state index contributed by atoms with van der Waals surface area (Å²) >= 11 is 0. The summed E-state index contributed by atoms with van der Waals surface area (Å²) in [6.45, 7) is 0. The molecule has 86 valence electrons. The Hall–Kier alpha value is -1.88. The normalized spacial score (nSPS) is 13.8. The Kier molecular flexibility index (Phi) is 4.02. The van der Waals surface area contributed by atoms with E-state index in [-0.39, 0.29) is 12.8 Å². The maximum Gasteiger partial charge on any atom is 0.357 e. The van der Waals surface area contributed by atoms with Crippen molar-refractivity contribution in [3.8, 4) is 0 Å². The van der Waals surface area contributed by atoms with Crippen molar-refractivity contribution in [2.24, 2.45) is 0 Å². The van der Waals surface area contributed by atoms with Gasteiger partial charge >= 0.3 is 5.97 Å². The number of benzene rings is 1. The molecule has 0 aromatic heterocycles. The van der Waals surface area contributed by atoms with Crippen LogP contribution in [0.4, 0.5) is 0 Å². The molecule has 1 unspecified atom stereocenters. The minimum Gasteiger partial charge on any atom is -0.478 e. The molecule has 1 aromatic carbocycles. The van der Waals surface area contributed by atoms with E-state index in [9.17, 15) is 14.7 Å². The first-order valence-electron chi connectivity index (χ1n) is 4.79. The standard InChI is InChI=1S/C11H13NO4/c13-8-12-11(16,10(14)15)7-6-9-4-2-1-3-5-9/h1-5,8,16H,6-7H2,(H,12,13)(H,14,15). The fourth-order valence-corrected chi connectivity index (χ4v) is 1.31. The van der Waals surface area contributed by atoms with Crippen molar-refractivity contribution in [3.05, 3.63) is 35.9 Å². The van der Waals surface area contributed by atoms with Crippen LogP contribution in [0, 0.1) is 0 Å². The van der Waals surface area contributed by atoms with Gasteiger partial charge in [-0.1, -0.05) is 30.3 Å². The molecule has 0 fully saturated rings. The van der Waals surface area contributed by atoms with Gasteiger partial charge in [-0.05, 0) is 12.0 Å². The highest BCUT2D eigenvalue weighted by Crippen LogP contribution is 2.11. The third-order valence-electron chi connectivity index (χ3n) is 2.27. The summed E-state index contributed by atoms with van der Waals surface area (Å²) in [6.07, 6.45) is 0.467. The highest BCUT2D eigenvalue weighted by molar-refractivity contribution is 5.79. The minimum atomic E-state index is -2.20. The molecule has 16 heavy (non-hydrogen) atoms. The molecule has 0 saturated heterocycles. The number of aryl methyl sites for hydroxylation is 1. The molecule has 0 bridgehead atoms. The monoisotopic (exact) mass is 223 g/mol. The van der Waals surface area contributed by atoms with Crippen LogP contribution in [-0.2, 0) is 16.0 Å². The second kappa shape index (κ2) is 5.27. The van der Waals surface area contributed by atoms with E-state index in [0.717, 1.165) is 5.56 Å². The van der Waals surface area contributed by atoms with Gasteiger partial charge in [0, 0.05) is 6.42 Å². The number of carbonyl (C=O) groups excluding carboxylic acids is 1. The topological polar surface area (TPSA) is 86.6 Å². The molecule has 0 radical (unpaired) electrons. The average Bonchev–Trinajstić information content (AvgIpc) is 2.28. The predicted octanol–water partition coefficient (Wildman–Crippen LogP) is 0.138. The molecule has 0 spiro atoms. The Morgan fingerprint density at radius 3 is 2.50 bits per heavy atom. The van der Waals surface area contributed by atoms with Crippen LogP contribution in [0.1, 0.15) is 12.0 Å². The lowest BCUT2D eigenvalue weighted by atomic mass is 10.0. The summed E-state index contributed by atoms with van der Waals surface area (Å²) in [5, 5.41) is 20.3. The molecule has 0 saturated carbocycles. The van der Waals surface area contributed by atoms with Crippen LogP contribution in [0.3, 0.4) is 0 Å². The number of carboxylic acids is 1. The van der Waals surface area contributed by atoms with Crippen molar-refractivity contribution in [2.45, 2.75) is 18.6 Å². The average molecular weight is 223 g/mol. The first-order chi connectivity index (χ1) is 7.58. The lowest BCUT2D eigenvalue weighted by molar-refractivity contribution is -0.164. The van der Waals surface area contributed by atoms with Gasteiger partial charge in [0.1, 0.15) is 0 Å². The van der Waals surface area contributed by atoms with Gasteiger partial charge in [0.05, 0.1) is 0 Å². The summed E-state index contributed by atoms with van der Waals surface area (Å²) in [6, 6.07) is 9.13. The summed E-state index contributed by atoms with van der Waals surface area (Å²) < 4.78 is 0. The quantitative estimate of drug-likeness (QED) is 0.473. The molecule has 0 aliphatic heterocycles. The summed E-state index contributed by atoms with van der Waals surface area (Å²) in [5.41, 5.74) is -1.30. The number of hydrogen-bond acceptors (Lipinski definition) is 3. The first-order valence-corrected chi connectivity index (χ1v) is 4.79. The van der Waals surface area contributed by atoms with Crippen LogP contribution in [-0.4, -0.2) is 28.3 Å².